The topological polar surface area (TPSA) is 111 Å². The third-order valence-corrected chi connectivity index (χ3v) is 2.46. The number of oxime groups is 1. The Morgan fingerprint density at radius 1 is 1.39 bits per heavy atom. The molecule has 0 aromatic heterocycles. The summed E-state index contributed by atoms with van der Waals surface area (Å²) < 4.78 is 0.610. The number of amides is 2. The van der Waals surface area contributed by atoms with Gasteiger partial charge >= 0.3 is 0 Å². The number of anilines is 1. The summed E-state index contributed by atoms with van der Waals surface area (Å²) in [5.74, 6) is -1.34. The molecule has 0 atom stereocenters. The van der Waals surface area contributed by atoms with Gasteiger partial charge in [-0.05, 0) is 18.2 Å². The van der Waals surface area contributed by atoms with E-state index in [0.717, 1.165) is 0 Å². The Labute approximate surface area is 111 Å². The van der Waals surface area contributed by atoms with Crippen molar-refractivity contribution in [2.75, 3.05) is 5.32 Å². The molecule has 0 saturated carbocycles. The van der Waals surface area contributed by atoms with Crippen LogP contribution in [0.4, 0.5) is 5.69 Å². The monoisotopic (exact) mass is 315 g/mol. The first-order valence-corrected chi connectivity index (χ1v) is 5.53. The second kappa shape index (κ2) is 6.12. The van der Waals surface area contributed by atoms with Crippen LogP contribution in [0.2, 0.25) is 0 Å². The number of hydrogen-bond acceptors (Lipinski definition) is 5. The highest BCUT2D eigenvalue weighted by atomic mass is 79.9. The molecule has 8 heteroatoms. The van der Waals surface area contributed by atoms with E-state index in [1.807, 2.05) is 0 Å². The Kier molecular flexibility index (Phi) is 4.81. The van der Waals surface area contributed by atoms with Crippen molar-refractivity contribution in [1.82, 2.24) is 5.48 Å². The van der Waals surface area contributed by atoms with Crippen LogP contribution in [0.1, 0.15) is 12.5 Å². The maximum absolute atomic E-state index is 11.3. The van der Waals surface area contributed by atoms with E-state index in [9.17, 15) is 9.59 Å². The second-order valence-corrected chi connectivity index (χ2v) is 4.18. The van der Waals surface area contributed by atoms with Crippen LogP contribution in [-0.4, -0.2) is 27.9 Å². The van der Waals surface area contributed by atoms with Crippen molar-refractivity contribution in [3.8, 4) is 0 Å². The zero-order valence-corrected chi connectivity index (χ0v) is 10.9. The van der Waals surface area contributed by atoms with Crippen molar-refractivity contribution in [3.05, 3.63) is 28.2 Å². The molecule has 0 heterocycles. The first-order valence-electron chi connectivity index (χ1n) is 4.73. The van der Waals surface area contributed by atoms with Gasteiger partial charge in [0.05, 0.1) is 5.69 Å². The molecule has 0 spiro atoms. The van der Waals surface area contributed by atoms with Crippen molar-refractivity contribution >= 4 is 39.1 Å². The molecule has 0 bridgehead atoms. The molecule has 0 saturated heterocycles. The van der Waals surface area contributed by atoms with E-state index < -0.39 is 11.6 Å². The lowest BCUT2D eigenvalue weighted by atomic mass is 10.1. The van der Waals surface area contributed by atoms with Crippen LogP contribution in [-0.2, 0) is 9.59 Å². The summed E-state index contributed by atoms with van der Waals surface area (Å²) in [6, 6.07) is 4.63. The Balaban J connectivity index is 3.31. The van der Waals surface area contributed by atoms with Crippen LogP contribution in [0.3, 0.4) is 0 Å². The van der Waals surface area contributed by atoms with Crippen molar-refractivity contribution < 1.29 is 20.0 Å². The van der Waals surface area contributed by atoms with Gasteiger partial charge in [-0.25, -0.2) is 5.48 Å². The maximum Gasteiger partial charge on any atom is 0.297 e. The molecule has 0 aliphatic carbocycles. The molecule has 1 aromatic rings. The Bertz CT molecular complexity index is 516. The molecule has 0 radical (unpaired) electrons. The maximum atomic E-state index is 11.3. The molecule has 18 heavy (non-hydrogen) atoms. The van der Waals surface area contributed by atoms with E-state index in [-0.39, 0.29) is 17.2 Å². The number of rotatable bonds is 3. The van der Waals surface area contributed by atoms with Crippen molar-refractivity contribution in [2.24, 2.45) is 5.16 Å². The predicted molar refractivity (Wildman–Crippen MR) is 66.7 cm³/mol. The second-order valence-electron chi connectivity index (χ2n) is 3.26. The highest BCUT2D eigenvalue weighted by Gasteiger charge is 2.18. The van der Waals surface area contributed by atoms with Gasteiger partial charge in [0.25, 0.3) is 5.91 Å². The Morgan fingerprint density at radius 2 is 2.06 bits per heavy atom. The van der Waals surface area contributed by atoms with E-state index in [1.165, 1.54) is 24.5 Å². The van der Waals surface area contributed by atoms with Gasteiger partial charge in [0, 0.05) is 17.0 Å². The van der Waals surface area contributed by atoms with Gasteiger partial charge < -0.3 is 10.5 Å². The van der Waals surface area contributed by atoms with Gasteiger partial charge in [0.2, 0.25) is 5.91 Å². The quantitative estimate of drug-likeness (QED) is 0.289. The molecular weight excluding hydrogens is 306 g/mol. The minimum atomic E-state index is -0.998. The van der Waals surface area contributed by atoms with Crippen molar-refractivity contribution in [2.45, 2.75) is 6.92 Å². The fraction of sp³-hybridized carbons (Fsp3) is 0.100. The predicted octanol–water partition coefficient (Wildman–Crippen LogP) is 1.09. The molecule has 0 unspecified atom stereocenters. The van der Waals surface area contributed by atoms with Crippen LogP contribution >= 0.6 is 15.9 Å². The Morgan fingerprint density at radius 3 is 2.56 bits per heavy atom. The fourth-order valence-electron chi connectivity index (χ4n) is 1.29. The van der Waals surface area contributed by atoms with Crippen LogP contribution in [0.5, 0.6) is 0 Å². The summed E-state index contributed by atoms with van der Waals surface area (Å²) in [5, 5.41) is 22.7. The van der Waals surface area contributed by atoms with Gasteiger partial charge in [-0.2, -0.15) is 0 Å². The molecular formula is C10H10BrN3O4. The van der Waals surface area contributed by atoms with E-state index >= 15 is 0 Å². The number of benzene rings is 1. The summed E-state index contributed by atoms with van der Waals surface area (Å²) in [7, 11) is 0. The Hall–Kier alpha value is -1.93. The van der Waals surface area contributed by atoms with E-state index in [0.29, 0.717) is 4.47 Å². The summed E-state index contributed by atoms with van der Waals surface area (Å²) in [6.45, 7) is 1.30. The van der Waals surface area contributed by atoms with Gasteiger partial charge in [-0.3, -0.25) is 14.8 Å². The molecule has 2 amide bonds. The van der Waals surface area contributed by atoms with Crippen LogP contribution in [0.15, 0.2) is 27.8 Å². The average Bonchev–Trinajstić information content (AvgIpc) is 2.32. The van der Waals surface area contributed by atoms with E-state index in [2.05, 4.69) is 26.4 Å². The normalized spacial score (nSPS) is 10.9. The number of halogens is 1. The fourth-order valence-corrected chi connectivity index (χ4v) is 1.65. The van der Waals surface area contributed by atoms with Gasteiger partial charge in [-0.15, -0.1) is 0 Å². The van der Waals surface area contributed by atoms with E-state index in [4.69, 9.17) is 10.4 Å². The minimum absolute atomic E-state index is 0.161. The van der Waals surface area contributed by atoms with Crippen molar-refractivity contribution in [1.29, 1.82) is 0 Å². The summed E-state index contributed by atoms with van der Waals surface area (Å²) in [6.07, 6.45) is 0. The minimum Gasteiger partial charge on any atom is -0.410 e. The molecule has 96 valence electrons. The zero-order chi connectivity index (χ0) is 13.7. The number of carbonyl (C=O) groups is 2. The molecule has 0 fully saturated rings. The zero-order valence-electron chi connectivity index (χ0n) is 9.27. The largest absolute Gasteiger partial charge is 0.410 e. The first kappa shape index (κ1) is 14.1. The standard InChI is InChI=1S/C10H10BrN3O4/c1-5(15)12-8-3-2-6(11)4-7(8)9(13-17)10(16)14-18/h2-4,17-18H,1H3,(H,12,15)(H,14,16)/b13-9+. The van der Waals surface area contributed by atoms with Gasteiger partial charge in [0.1, 0.15) is 0 Å². The average molecular weight is 316 g/mol. The van der Waals surface area contributed by atoms with Crippen LogP contribution < -0.4 is 10.8 Å². The van der Waals surface area contributed by atoms with Crippen LogP contribution in [0.25, 0.3) is 0 Å². The molecule has 0 aliphatic heterocycles. The number of hydroxylamine groups is 1. The number of hydrogen-bond donors (Lipinski definition) is 4. The molecule has 0 aliphatic rings. The van der Waals surface area contributed by atoms with E-state index in [1.54, 1.807) is 6.07 Å². The lowest BCUT2D eigenvalue weighted by molar-refractivity contribution is -0.122. The molecule has 1 aromatic carbocycles. The molecule has 7 nitrogen and oxygen atoms in total. The first-order chi connectivity index (χ1) is 8.49. The lowest BCUT2D eigenvalue weighted by Gasteiger charge is -2.10. The lowest BCUT2D eigenvalue weighted by Crippen LogP contribution is -2.29. The van der Waals surface area contributed by atoms with Gasteiger partial charge in [0.15, 0.2) is 5.71 Å². The summed E-state index contributed by atoms with van der Waals surface area (Å²) in [4.78, 5) is 22.3. The molecule has 1 rings (SSSR count). The van der Waals surface area contributed by atoms with Gasteiger partial charge in [-0.1, -0.05) is 21.1 Å². The number of carbonyl (C=O) groups excluding carboxylic acids is 2. The highest BCUT2D eigenvalue weighted by molar-refractivity contribution is 9.10. The third-order valence-electron chi connectivity index (χ3n) is 1.96. The number of nitrogens with one attached hydrogen (secondary N) is 2. The summed E-state index contributed by atoms with van der Waals surface area (Å²) in [5.41, 5.74) is 1.37. The van der Waals surface area contributed by atoms with Crippen LogP contribution in [0, 0.1) is 0 Å². The highest BCUT2D eigenvalue weighted by Crippen LogP contribution is 2.22. The SMILES string of the molecule is CC(=O)Nc1ccc(Br)cc1/C(=N\O)C(=O)NO. The molecule has 4 N–H and O–H groups in total. The number of nitrogens with zero attached hydrogens (tertiary/aromatic N) is 1. The third kappa shape index (κ3) is 3.28. The summed E-state index contributed by atoms with van der Waals surface area (Å²) >= 11 is 3.19. The van der Waals surface area contributed by atoms with Crippen molar-refractivity contribution in [3.63, 3.8) is 0 Å². The smallest absolute Gasteiger partial charge is 0.297 e.